The molecule has 1 aromatic heterocycles. The maximum atomic E-state index is 12.2. The molecular formula is C20H26N2O2. The van der Waals surface area contributed by atoms with Crippen molar-refractivity contribution in [1.82, 2.24) is 10.3 Å². The number of amides is 1. The molecule has 2 aromatic rings. The molecule has 0 fully saturated rings. The Labute approximate surface area is 144 Å². The fraction of sp³-hybridized carbons (Fsp3) is 0.400. The van der Waals surface area contributed by atoms with Gasteiger partial charge in [-0.05, 0) is 56.9 Å². The Morgan fingerprint density at radius 3 is 2.62 bits per heavy atom. The lowest BCUT2D eigenvalue weighted by molar-refractivity contribution is -0.122. The lowest BCUT2D eigenvalue weighted by atomic mass is 9.94. The van der Waals surface area contributed by atoms with Crippen molar-refractivity contribution in [3.8, 4) is 5.75 Å². The highest BCUT2D eigenvalue weighted by Gasteiger charge is 2.22. The Balaban J connectivity index is 1.83. The van der Waals surface area contributed by atoms with Crippen molar-refractivity contribution in [1.29, 1.82) is 0 Å². The van der Waals surface area contributed by atoms with E-state index in [4.69, 9.17) is 4.74 Å². The summed E-state index contributed by atoms with van der Waals surface area (Å²) < 4.78 is 5.39. The van der Waals surface area contributed by atoms with Gasteiger partial charge in [-0.15, -0.1) is 0 Å². The topological polar surface area (TPSA) is 51.2 Å². The number of methoxy groups -OCH3 is 1. The minimum absolute atomic E-state index is 0.0748. The first-order valence-electron chi connectivity index (χ1n) is 8.33. The van der Waals surface area contributed by atoms with Crippen molar-refractivity contribution in [3.05, 3.63) is 59.9 Å². The standard InChI is InChI=1S/C20H26N2O2/c1-20(2,15-16-9-4-5-12-18(16)24-3)22-19(23)13-8-11-17-10-6-7-14-21-17/h4-7,9-10,12,14H,8,11,13,15H2,1-3H3,(H,22,23). The van der Waals surface area contributed by atoms with Crippen LogP contribution in [0.3, 0.4) is 0 Å². The Hall–Kier alpha value is -2.36. The molecule has 0 spiro atoms. The average Bonchev–Trinajstić information content (AvgIpc) is 2.55. The van der Waals surface area contributed by atoms with Crippen LogP contribution in [-0.2, 0) is 17.6 Å². The molecule has 0 bridgehead atoms. The molecule has 0 radical (unpaired) electrons. The number of hydrogen-bond acceptors (Lipinski definition) is 3. The van der Waals surface area contributed by atoms with Crippen molar-refractivity contribution >= 4 is 5.91 Å². The van der Waals surface area contributed by atoms with Crippen LogP contribution in [0.25, 0.3) is 0 Å². The second-order valence-corrected chi connectivity index (χ2v) is 6.60. The van der Waals surface area contributed by atoms with Crippen LogP contribution in [0.2, 0.25) is 0 Å². The predicted molar refractivity (Wildman–Crippen MR) is 96.1 cm³/mol. The molecule has 0 atom stereocenters. The molecule has 1 heterocycles. The first-order chi connectivity index (χ1) is 11.5. The minimum Gasteiger partial charge on any atom is -0.496 e. The zero-order chi connectivity index (χ0) is 17.4. The van der Waals surface area contributed by atoms with Gasteiger partial charge in [-0.25, -0.2) is 0 Å². The van der Waals surface area contributed by atoms with E-state index in [0.29, 0.717) is 6.42 Å². The summed E-state index contributed by atoms with van der Waals surface area (Å²) in [5, 5.41) is 3.13. The van der Waals surface area contributed by atoms with Crippen LogP contribution >= 0.6 is 0 Å². The molecule has 0 saturated heterocycles. The third-order valence-electron chi connectivity index (χ3n) is 3.87. The molecule has 0 aliphatic rings. The van der Waals surface area contributed by atoms with E-state index in [9.17, 15) is 4.79 Å². The third kappa shape index (κ3) is 5.69. The maximum absolute atomic E-state index is 12.2. The van der Waals surface area contributed by atoms with Crippen LogP contribution in [0.5, 0.6) is 5.75 Å². The molecule has 4 heteroatoms. The van der Waals surface area contributed by atoms with Crippen LogP contribution in [0.4, 0.5) is 0 Å². The summed E-state index contributed by atoms with van der Waals surface area (Å²) in [5.41, 5.74) is 1.80. The molecule has 0 aliphatic carbocycles. The number of carbonyl (C=O) groups excluding carboxylic acids is 1. The van der Waals surface area contributed by atoms with Gasteiger partial charge in [0.05, 0.1) is 7.11 Å². The van der Waals surface area contributed by atoms with Gasteiger partial charge in [0.2, 0.25) is 5.91 Å². The van der Waals surface area contributed by atoms with E-state index in [2.05, 4.69) is 10.3 Å². The number of pyridine rings is 1. The normalized spacial score (nSPS) is 11.1. The Kier molecular flexibility index (Phi) is 6.36. The molecule has 0 unspecified atom stereocenters. The molecule has 0 aliphatic heterocycles. The third-order valence-corrected chi connectivity index (χ3v) is 3.87. The van der Waals surface area contributed by atoms with Gasteiger partial charge < -0.3 is 10.1 Å². The number of nitrogens with one attached hydrogen (secondary N) is 1. The fourth-order valence-corrected chi connectivity index (χ4v) is 2.79. The van der Waals surface area contributed by atoms with Crippen LogP contribution in [0, 0.1) is 0 Å². The Morgan fingerprint density at radius 1 is 1.17 bits per heavy atom. The van der Waals surface area contributed by atoms with Crippen LogP contribution < -0.4 is 10.1 Å². The predicted octanol–water partition coefficient (Wildman–Crippen LogP) is 3.55. The van der Waals surface area contributed by atoms with Crippen molar-refractivity contribution < 1.29 is 9.53 Å². The highest BCUT2D eigenvalue weighted by atomic mass is 16.5. The van der Waals surface area contributed by atoms with E-state index < -0.39 is 0 Å². The number of rotatable bonds is 8. The van der Waals surface area contributed by atoms with Crippen molar-refractivity contribution in [2.45, 2.75) is 45.1 Å². The van der Waals surface area contributed by atoms with Crippen molar-refractivity contribution in [2.75, 3.05) is 7.11 Å². The number of aromatic nitrogens is 1. The molecule has 1 aromatic carbocycles. The van der Waals surface area contributed by atoms with Gasteiger partial charge in [0.15, 0.2) is 0 Å². The van der Waals surface area contributed by atoms with Gasteiger partial charge in [0.25, 0.3) is 0 Å². The number of para-hydroxylation sites is 1. The largest absolute Gasteiger partial charge is 0.496 e. The lowest BCUT2D eigenvalue weighted by Gasteiger charge is -2.27. The lowest BCUT2D eigenvalue weighted by Crippen LogP contribution is -2.45. The summed E-state index contributed by atoms with van der Waals surface area (Å²) in [6.07, 6.45) is 4.63. The van der Waals surface area contributed by atoms with Gasteiger partial charge in [-0.1, -0.05) is 24.3 Å². The van der Waals surface area contributed by atoms with E-state index in [-0.39, 0.29) is 11.4 Å². The molecule has 128 valence electrons. The first-order valence-corrected chi connectivity index (χ1v) is 8.33. The molecule has 24 heavy (non-hydrogen) atoms. The van der Waals surface area contributed by atoms with Gasteiger partial charge in [0.1, 0.15) is 5.75 Å². The van der Waals surface area contributed by atoms with E-state index in [1.807, 2.05) is 56.3 Å². The highest BCUT2D eigenvalue weighted by molar-refractivity contribution is 5.76. The molecular weight excluding hydrogens is 300 g/mol. The van der Waals surface area contributed by atoms with Crippen LogP contribution in [-0.4, -0.2) is 23.5 Å². The minimum atomic E-state index is -0.323. The molecule has 0 saturated carbocycles. The van der Waals surface area contributed by atoms with Crippen LogP contribution in [0.15, 0.2) is 48.7 Å². The van der Waals surface area contributed by atoms with E-state index in [1.54, 1.807) is 13.3 Å². The zero-order valence-corrected chi connectivity index (χ0v) is 14.7. The quantitative estimate of drug-likeness (QED) is 0.807. The second kappa shape index (κ2) is 8.48. The second-order valence-electron chi connectivity index (χ2n) is 6.60. The zero-order valence-electron chi connectivity index (χ0n) is 14.7. The van der Waals surface area contributed by atoms with Crippen molar-refractivity contribution in [3.63, 3.8) is 0 Å². The van der Waals surface area contributed by atoms with E-state index in [0.717, 1.165) is 36.3 Å². The van der Waals surface area contributed by atoms with Gasteiger partial charge in [-0.2, -0.15) is 0 Å². The Morgan fingerprint density at radius 2 is 1.92 bits per heavy atom. The average molecular weight is 326 g/mol. The van der Waals surface area contributed by atoms with Crippen LogP contribution in [0.1, 0.15) is 37.9 Å². The van der Waals surface area contributed by atoms with Gasteiger partial charge in [-0.3, -0.25) is 9.78 Å². The summed E-state index contributed by atoms with van der Waals surface area (Å²) in [5.74, 6) is 0.931. The summed E-state index contributed by atoms with van der Waals surface area (Å²) in [6, 6.07) is 13.8. The molecule has 1 amide bonds. The summed E-state index contributed by atoms with van der Waals surface area (Å²) in [6.45, 7) is 4.08. The number of ether oxygens (including phenoxy) is 1. The van der Waals surface area contributed by atoms with E-state index in [1.165, 1.54) is 0 Å². The summed E-state index contributed by atoms with van der Waals surface area (Å²) >= 11 is 0. The number of nitrogens with zero attached hydrogens (tertiary/aromatic N) is 1. The summed E-state index contributed by atoms with van der Waals surface area (Å²) in [7, 11) is 1.67. The number of benzene rings is 1. The molecule has 1 N–H and O–H groups in total. The molecule has 2 rings (SSSR count). The number of carbonyl (C=O) groups is 1. The first kappa shape index (κ1) is 18.0. The van der Waals surface area contributed by atoms with Crippen molar-refractivity contribution in [2.24, 2.45) is 0 Å². The summed E-state index contributed by atoms with van der Waals surface area (Å²) in [4.78, 5) is 16.5. The highest BCUT2D eigenvalue weighted by Crippen LogP contribution is 2.22. The molecule has 4 nitrogen and oxygen atoms in total. The Bertz CT molecular complexity index is 654. The monoisotopic (exact) mass is 326 g/mol. The van der Waals surface area contributed by atoms with Gasteiger partial charge in [0, 0.05) is 23.9 Å². The smallest absolute Gasteiger partial charge is 0.220 e. The maximum Gasteiger partial charge on any atom is 0.220 e. The number of aryl methyl sites for hydroxylation is 1. The number of hydrogen-bond donors (Lipinski definition) is 1. The SMILES string of the molecule is COc1ccccc1CC(C)(C)NC(=O)CCCc1ccccn1. The van der Waals surface area contributed by atoms with Gasteiger partial charge >= 0.3 is 0 Å². The van der Waals surface area contributed by atoms with E-state index >= 15 is 0 Å². The fourth-order valence-electron chi connectivity index (χ4n) is 2.79.